The number of rotatable bonds is 4. The van der Waals surface area contributed by atoms with Crippen molar-refractivity contribution >= 4 is 27.6 Å². The van der Waals surface area contributed by atoms with E-state index in [1.807, 2.05) is 31.3 Å². The third-order valence-corrected chi connectivity index (χ3v) is 5.04. The molecule has 4 heteroatoms. The van der Waals surface area contributed by atoms with Gasteiger partial charge in [-0.1, -0.05) is 19.3 Å². The standard InChI is InChI=1S/C17H21NO2S/c1-2-20-13-8-9-15-14(10-13)17(19)16(21-15)11-18-12-6-4-3-5-7-12/h8-12,19H,2-7H2,1H3. The molecule has 0 aliphatic heterocycles. The normalized spacial score (nSPS) is 16.8. The lowest BCUT2D eigenvalue weighted by Gasteiger charge is -2.16. The highest BCUT2D eigenvalue weighted by molar-refractivity contribution is 7.21. The highest BCUT2D eigenvalue weighted by Gasteiger charge is 2.13. The van der Waals surface area contributed by atoms with Crippen molar-refractivity contribution in [1.82, 2.24) is 0 Å². The summed E-state index contributed by atoms with van der Waals surface area (Å²) in [5.74, 6) is 1.13. The van der Waals surface area contributed by atoms with E-state index >= 15 is 0 Å². The molecular formula is C17H21NO2S. The third kappa shape index (κ3) is 3.21. The van der Waals surface area contributed by atoms with Crippen molar-refractivity contribution in [2.75, 3.05) is 6.61 Å². The maximum Gasteiger partial charge on any atom is 0.143 e. The highest BCUT2D eigenvalue weighted by atomic mass is 32.1. The maximum atomic E-state index is 10.4. The summed E-state index contributed by atoms with van der Waals surface area (Å²) in [5.41, 5.74) is 0. The van der Waals surface area contributed by atoms with Gasteiger partial charge in [0.25, 0.3) is 0 Å². The Morgan fingerprint density at radius 3 is 2.90 bits per heavy atom. The van der Waals surface area contributed by atoms with Gasteiger partial charge < -0.3 is 9.84 Å². The summed E-state index contributed by atoms with van der Waals surface area (Å²) in [6.07, 6.45) is 8.10. The molecule has 1 aromatic heterocycles. The zero-order chi connectivity index (χ0) is 14.7. The molecule has 0 amide bonds. The first-order valence-electron chi connectivity index (χ1n) is 7.69. The van der Waals surface area contributed by atoms with Crippen LogP contribution < -0.4 is 4.74 Å². The second-order valence-corrected chi connectivity index (χ2v) is 6.56. The molecule has 0 bridgehead atoms. The molecule has 0 atom stereocenters. The highest BCUT2D eigenvalue weighted by Crippen LogP contribution is 2.38. The van der Waals surface area contributed by atoms with Crippen LogP contribution in [0, 0.1) is 0 Å². The van der Waals surface area contributed by atoms with Crippen molar-refractivity contribution in [3.63, 3.8) is 0 Å². The molecule has 1 saturated carbocycles. The van der Waals surface area contributed by atoms with E-state index in [0.29, 0.717) is 18.4 Å². The Hall–Kier alpha value is -1.55. The van der Waals surface area contributed by atoms with Crippen LogP contribution in [0.1, 0.15) is 43.9 Å². The van der Waals surface area contributed by atoms with Crippen molar-refractivity contribution in [2.45, 2.75) is 45.1 Å². The summed E-state index contributed by atoms with van der Waals surface area (Å²) < 4.78 is 6.56. The van der Waals surface area contributed by atoms with Crippen molar-refractivity contribution in [3.05, 3.63) is 23.1 Å². The summed E-state index contributed by atoms with van der Waals surface area (Å²) in [7, 11) is 0. The van der Waals surface area contributed by atoms with Crippen LogP contribution in [0.25, 0.3) is 10.1 Å². The molecule has 0 radical (unpaired) electrons. The number of aliphatic imine (C=N–C) groups is 1. The fraction of sp³-hybridized carbons (Fsp3) is 0.471. The molecule has 1 aliphatic rings. The van der Waals surface area contributed by atoms with Crippen LogP contribution in [-0.4, -0.2) is 24.0 Å². The Bertz CT molecular complexity index is 642. The van der Waals surface area contributed by atoms with Gasteiger partial charge in [0.1, 0.15) is 11.5 Å². The van der Waals surface area contributed by atoms with Gasteiger partial charge in [-0.3, -0.25) is 4.99 Å². The zero-order valence-corrected chi connectivity index (χ0v) is 13.2. The Kier molecular flexibility index (Phi) is 4.44. The van der Waals surface area contributed by atoms with Gasteiger partial charge in [-0.15, -0.1) is 11.3 Å². The van der Waals surface area contributed by atoms with Gasteiger partial charge >= 0.3 is 0 Å². The first-order valence-corrected chi connectivity index (χ1v) is 8.51. The molecule has 1 fully saturated rings. The number of ether oxygens (including phenoxy) is 1. The molecule has 2 aromatic rings. The second-order valence-electron chi connectivity index (χ2n) is 5.48. The number of thiophene rings is 1. The van der Waals surface area contributed by atoms with Gasteiger partial charge in [0, 0.05) is 22.3 Å². The molecule has 3 nitrogen and oxygen atoms in total. The van der Waals surface area contributed by atoms with Crippen LogP contribution >= 0.6 is 11.3 Å². The fourth-order valence-corrected chi connectivity index (χ4v) is 3.79. The van der Waals surface area contributed by atoms with E-state index < -0.39 is 0 Å². The predicted octanol–water partition coefficient (Wildman–Crippen LogP) is 4.76. The lowest BCUT2D eigenvalue weighted by Crippen LogP contribution is -2.09. The number of hydrogen-bond acceptors (Lipinski definition) is 4. The lowest BCUT2D eigenvalue weighted by molar-refractivity contribution is 0.340. The van der Waals surface area contributed by atoms with Crippen molar-refractivity contribution < 1.29 is 9.84 Å². The van der Waals surface area contributed by atoms with Gasteiger partial charge in [0.05, 0.1) is 11.5 Å². The minimum absolute atomic E-state index is 0.330. The fourth-order valence-electron chi connectivity index (χ4n) is 2.83. The first kappa shape index (κ1) is 14.4. The predicted molar refractivity (Wildman–Crippen MR) is 89.1 cm³/mol. The molecule has 0 spiro atoms. The Balaban J connectivity index is 1.85. The van der Waals surface area contributed by atoms with Crippen LogP contribution in [0.5, 0.6) is 11.5 Å². The van der Waals surface area contributed by atoms with Crippen LogP contribution in [0.3, 0.4) is 0 Å². The van der Waals surface area contributed by atoms with E-state index in [0.717, 1.165) is 20.7 Å². The summed E-state index contributed by atoms with van der Waals surface area (Å²) in [6.45, 7) is 2.59. The molecule has 1 aromatic carbocycles. The molecule has 1 aliphatic carbocycles. The topological polar surface area (TPSA) is 41.8 Å². The molecule has 1 N–H and O–H groups in total. The van der Waals surface area contributed by atoms with Crippen molar-refractivity contribution in [2.24, 2.45) is 4.99 Å². The van der Waals surface area contributed by atoms with E-state index in [4.69, 9.17) is 4.74 Å². The van der Waals surface area contributed by atoms with Crippen LogP contribution in [-0.2, 0) is 0 Å². The Morgan fingerprint density at radius 1 is 1.33 bits per heavy atom. The van der Waals surface area contributed by atoms with E-state index in [2.05, 4.69) is 4.99 Å². The van der Waals surface area contributed by atoms with Crippen molar-refractivity contribution in [3.8, 4) is 11.5 Å². The zero-order valence-electron chi connectivity index (χ0n) is 12.3. The molecule has 0 saturated heterocycles. The van der Waals surface area contributed by atoms with E-state index in [9.17, 15) is 5.11 Å². The minimum Gasteiger partial charge on any atom is -0.506 e. The molecule has 112 valence electrons. The summed E-state index contributed by atoms with van der Waals surface area (Å²) in [6, 6.07) is 6.29. The van der Waals surface area contributed by atoms with E-state index in [-0.39, 0.29) is 0 Å². The quantitative estimate of drug-likeness (QED) is 0.828. The third-order valence-electron chi connectivity index (χ3n) is 3.95. The van der Waals surface area contributed by atoms with E-state index in [1.165, 1.54) is 32.1 Å². The van der Waals surface area contributed by atoms with Crippen LogP contribution in [0.2, 0.25) is 0 Å². The van der Waals surface area contributed by atoms with Crippen molar-refractivity contribution in [1.29, 1.82) is 0 Å². The molecule has 1 heterocycles. The van der Waals surface area contributed by atoms with Crippen LogP contribution in [0.4, 0.5) is 0 Å². The van der Waals surface area contributed by atoms with Crippen LogP contribution in [0.15, 0.2) is 23.2 Å². The van der Waals surface area contributed by atoms with Gasteiger partial charge in [-0.25, -0.2) is 0 Å². The minimum atomic E-state index is 0.330. The summed E-state index contributed by atoms with van der Waals surface area (Å²) in [5, 5.41) is 11.2. The maximum absolute atomic E-state index is 10.4. The molecule has 21 heavy (non-hydrogen) atoms. The first-order chi connectivity index (χ1) is 10.3. The Morgan fingerprint density at radius 2 is 2.14 bits per heavy atom. The number of aromatic hydroxyl groups is 1. The number of nitrogens with zero attached hydrogens (tertiary/aromatic N) is 1. The number of fused-ring (bicyclic) bond motifs is 1. The molecule has 0 unspecified atom stereocenters. The molecular weight excluding hydrogens is 282 g/mol. The lowest BCUT2D eigenvalue weighted by atomic mass is 9.96. The average molecular weight is 303 g/mol. The number of benzene rings is 1. The number of hydrogen-bond donors (Lipinski definition) is 1. The Labute approximate surface area is 129 Å². The summed E-state index contributed by atoms with van der Waals surface area (Å²) in [4.78, 5) is 5.51. The summed E-state index contributed by atoms with van der Waals surface area (Å²) >= 11 is 1.58. The smallest absolute Gasteiger partial charge is 0.143 e. The van der Waals surface area contributed by atoms with Gasteiger partial charge in [0.2, 0.25) is 0 Å². The van der Waals surface area contributed by atoms with Gasteiger partial charge in [0.15, 0.2) is 0 Å². The molecule has 3 rings (SSSR count). The monoisotopic (exact) mass is 303 g/mol. The van der Waals surface area contributed by atoms with E-state index in [1.54, 1.807) is 11.3 Å². The van der Waals surface area contributed by atoms with Gasteiger partial charge in [-0.05, 0) is 38.0 Å². The second kappa shape index (κ2) is 6.48. The average Bonchev–Trinajstić information content (AvgIpc) is 2.83. The van der Waals surface area contributed by atoms with Gasteiger partial charge in [-0.2, -0.15) is 0 Å². The largest absolute Gasteiger partial charge is 0.506 e. The SMILES string of the molecule is CCOc1ccc2sc(C=NC3CCCCC3)c(O)c2c1.